The van der Waals surface area contributed by atoms with E-state index in [1.807, 2.05) is 0 Å². The van der Waals surface area contributed by atoms with Gasteiger partial charge in [0.1, 0.15) is 5.82 Å². The zero-order chi connectivity index (χ0) is 21.0. The fourth-order valence-electron chi connectivity index (χ4n) is 4.58. The summed E-state index contributed by atoms with van der Waals surface area (Å²) in [6.45, 7) is 12.4. The number of imidazole rings is 1. The second-order valence-corrected chi connectivity index (χ2v) is 8.91. The average Bonchev–Trinajstić information content (AvgIpc) is 3.10. The van der Waals surface area contributed by atoms with Crippen molar-refractivity contribution in [1.29, 1.82) is 0 Å². The van der Waals surface area contributed by atoms with Gasteiger partial charge in [-0.1, -0.05) is 44.6 Å². The van der Waals surface area contributed by atoms with Gasteiger partial charge in [0.05, 0.1) is 11.0 Å². The number of nitrogens with zero attached hydrogens (tertiary/aromatic N) is 1. The van der Waals surface area contributed by atoms with Gasteiger partial charge in [-0.05, 0) is 62.0 Å². The number of urea groups is 1. The van der Waals surface area contributed by atoms with Crippen molar-refractivity contribution in [2.24, 2.45) is 23.7 Å². The number of hydrogen-bond donors (Lipinski definition) is 3. The Morgan fingerprint density at radius 1 is 1.28 bits per heavy atom. The molecule has 1 aromatic carbocycles. The Morgan fingerprint density at radius 2 is 2.07 bits per heavy atom. The van der Waals surface area contributed by atoms with Crippen LogP contribution in [-0.4, -0.2) is 29.1 Å². The van der Waals surface area contributed by atoms with Gasteiger partial charge in [-0.2, -0.15) is 0 Å². The van der Waals surface area contributed by atoms with E-state index in [1.165, 1.54) is 11.1 Å². The number of carbonyl (C=O) groups is 1. The molecule has 2 amide bonds. The quantitative estimate of drug-likeness (QED) is 0.578. The van der Waals surface area contributed by atoms with Crippen LogP contribution in [0.25, 0.3) is 11.0 Å². The summed E-state index contributed by atoms with van der Waals surface area (Å²) in [7, 11) is 0. The van der Waals surface area contributed by atoms with Crippen molar-refractivity contribution in [2.45, 2.75) is 53.9 Å². The molecule has 1 heterocycles. The molecule has 3 rings (SSSR count). The van der Waals surface area contributed by atoms with Gasteiger partial charge in [0.25, 0.3) is 0 Å². The number of hydrogen-bond acceptors (Lipinski definition) is 2. The number of carbonyl (C=O) groups excluding carboxylic acids is 1. The van der Waals surface area contributed by atoms with Crippen LogP contribution in [0.15, 0.2) is 29.8 Å². The van der Waals surface area contributed by atoms with Gasteiger partial charge < -0.3 is 15.6 Å². The molecule has 158 valence electrons. The maximum absolute atomic E-state index is 12.0. The second-order valence-electron chi connectivity index (χ2n) is 8.91. The number of amides is 2. The van der Waals surface area contributed by atoms with Crippen LogP contribution in [0.4, 0.5) is 4.79 Å². The van der Waals surface area contributed by atoms with Crippen LogP contribution in [0.3, 0.4) is 0 Å². The molecule has 3 atom stereocenters. The highest BCUT2D eigenvalue weighted by Crippen LogP contribution is 2.38. The Kier molecular flexibility index (Phi) is 6.99. The van der Waals surface area contributed by atoms with Crippen molar-refractivity contribution in [2.75, 3.05) is 13.1 Å². The predicted octanol–water partition coefficient (Wildman–Crippen LogP) is 4.98. The van der Waals surface area contributed by atoms with Crippen molar-refractivity contribution in [3.8, 4) is 0 Å². The predicted molar refractivity (Wildman–Crippen MR) is 120 cm³/mol. The molecular formula is C24H36N4O. The van der Waals surface area contributed by atoms with Gasteiger partial charge in [0.15, 0.2) is 0 Å². The molecular weight excluding hydrogens is 360 g/mol. The Labute approximate surface area is 174 Å². The molecule has 1 aliphatic rings. The van der Waals surface area contributed by atoms with E-state index in [0.29, 0.717) is 30.2 Å². The van der Waals surface area contributed by atoms with Crippen molar-refractivity contribution in [3.05, 3.63) is 41.2 Å². The Morgan fingerprint density at radius 3 is 2.76 bits per heavy atom. The summed E-state index contributed by atoms with van der Waals surface area (Å²) in [5.41, 5.74) is 4.84. The van der Waals surface area contributed by atoms with E-state index in [0.717, 1.165) is 42.7 Å². The summed E-state index contributed by atoms with van der Waals surface area (Å²) in [5.74, 6) is 3.08. The molecule has 0 saturated carbocycles. The van der Waals surface area contributed by atoms with Crippen LogP contribution in [0, 0.1) is 30.6 Å². The standard InChI is InChI=1S/C24H36N4O/c1-6-10-25-24(29)26-14-19-11-17(5)18(12-20(19)15(2)3)13-22-27-21-9-7-8-16(4)23(21)28-22/h7-9,11,15,18-20H,6,10,12-14H2,1-5H3,(H,27,28)(H2,25,26,29)/t18-,19-,20-/m0/s1. The lowest BCUT2D eigenvalue weighted by Gasteiger charge is -2.37. The number of aromatic amines is 1. The van der Waals surface area contributed by atoms with Crippen LogP contribution in [0.2, 0.25) is 0 Å². The number of para-hydroxylation sites is 1. The van der Waals surface area contributed by atoms with E-state index in [2.05, 4.69) is 74.5 Å². The molecule has 0 saturated heterocycles. The topological polar surface area (TPSA) is 69.8 Å². The number of aromatic nitrogens is 2. The zero-order valence-corrected chi connectivity index (χ0v) is 18.5. The van der Waals surface area contributed by atoms with E-state index < -0.39 is 0 Å². The molecule has 0 radical (unpaired) electrons. The number of H-pyrrole nitrogens is 1. The van der Waals surface area contributed by atoms with Crippen molar-refractivity contribution < 1.29 is 4.79 Å². The first kappa shape index (κ1) is 21.4. The first-order valence-electron chi connectivity index (χ1n) is 11.0. The smallest absolute Gasteiger partial charge is 0.314 e. The molecule has 5 heteroatoms. The Hall–Kier alpha value is -2.30. The van der Waals surface area contributed by atoms with Gasteiger partial charge in [0.2, 0.25) is 0 Å². The van der Waals surface area contributed by atoms with Crippen molar-refractivity contribution in [3.63, 3.8) is 0 Å². The minimum Gasteiger partial charge on any atom is -0.342 e. The van der Waals surface area contributed by atoms with Crippen molar-refractivity contribution in [1.82, 2.24) is 20.6 Å². The van der Waals surface area contributed by atoms with Crippen LogP contribution in [-0.2, 0) is 6.42 Å². The Bertz CT molecular complexity index is 867. The molecule has 0 bridgehead atoms. The van der Waals surface area contributed by atoms with E-state index in [4.69, 9.17) is 4.98 Å². The lowest BCUT2D eigenvalue weighted by molar-refractivity contribution is 0.213. The van der Waals surface area contributed by atoms with E-state index >= 15 is 0 Å². The summed E-state index contributed by atoms with van der Waals surface area (Å²) in [6, 6.07) is 6.24. The average molecular weight is 397 g/mol. The summed E-state index contributed by atoms with van der Waals surface area (Å²) < 4.78 is 0. The van der Waals surface area contributed by atoms with E-state index in [9.17, 15) is 4.79 Å². The van der Waals surface area contributed by atoms with E-state index in [-0.39, 0.29) is 6.03 Å². The highest BCUT2D eigenvalue weighted by molar-refractivity contribution is 5.78. The highest BCUT2D eigenvalue weighted by Gasteiger charge is 2.32. The van der Waals surface area contributed by atoms with Gasteiger partial charge in [0, 0.05) is 19.5 Å². The number of allylic oxidation sites excluding steroid dienone is 1. The lowest BCUT2D eigenvalue weighted by atomic mass is 9.70. The van der Waals surface area contributed by atoms with Crippen LogP contribution in [0.1, 0.15) is 51.9 Å². The summed E-state index contributed by atoms with van der Waals surface area (Å²) in [6.07, 6.45) is 5.43. The fourth-order valence-corrected chi connectivity index (χ4v) is 4.58. The number of rotatable bonds is 7. The molecule has 0 spiro atoms. The zero-order valence-electron chi connectivity index (χ0n) is 18.5. The molecule has 29 heavy (non-hydrogen) atoms. The van der Waals surface area contributed by atoms with Gasteiger partial charge in [-0.25, -0.2) is 9.78 Å². The maximum Gasteiger partial charge on any atom is 0.314 e. The SMILES string of the molecule is CCCNC(=O)NC[C@@H]1C=C(C)[C@H](Cc2nc3c(C)cccc3[nH]2)C[C@H]1C(C)C. The number of fused-ring (bicyclic) bond motifs is 1. The first-order chi connectivity index (χ1) is 13.9. The molecule has 5 nitrogen and oxygen atoms in total. The minimum atomic E-state index is -0.0554. The van der Waals surface area contributed by atoms with Gasteiger partial charge in [-0.3, -0.25) is 0 Å². The molecule has 3 N–H and O–H groups in total. The monoisotopic (exact) mass is 396 g/mol. The first-order valence-corrected chi connectivity index (χ1v) is 11.0. The van der Waals surface area contributed by atoms with Crippen LogP contribution < -0.4 is 10.6 Å². The molecule has 0 unspecified atom stereocenters. The molecule has 0 fully saturated rings. The molecule has 0 aliphatic heterocycles. The molecule has 1 aliphatic carbocycles. The summed E-state index contributed by atoms with van der Waals surface area (Å²) in [5, 5.41) is 5.97. The van der Waals surface area contributed by atoms with Crippen LogP contribution >= 0.6 is 0 Å². The van der Waals surface area contributed by atoms with Crippen molar-refractivity contribution >= 4 is 17.1 Å². The van der Waals surface area contributed by atoms with Gasteiger partial charge in [-0.15, -0.1) is 0 Å². The fraction of sp³-hybridized carbons (Fsp3) is 0.583. The number of nitrogens with one attached hydrogen (secondary N) is 3. The normalized spacial score (nSPS) is 22.0. The number of benzene rings is 1. The maximum atomic E-state index is 12.0. The third-order valence-corrected chi connectivity index (χ3v) is 6.32. The van der Waals surface area contributed by atoms with Gasteiger partial charge >= 0.3 is 6.03 Å². The number of aryl methyl sites for hydroxylation is 1. The summed E-state index contributed by atoms with van der Waals surface area (Å²) >= 11 is 0. The summed E-state index contributed by atoms with van der Waals surface area (Å²) in [4.78, 5) is 20.4. The minimum absolute atomic E-state index is 0.0554. The van der Waals surface area contributed by atoms with E-state index in [1.54, 1.807) is 0 Å². The highest BCUT2D eigenvalue weighted by atomic mass is 16.2. The molecule has 2 aromatic rings. The third-order valence-electron chi connectivity index (χ3n) is 6.32. The lowest BCUT2D eigenvalue weighted by Crippen LogP contribution is -2.41. The third kappa shape index (κ3) is 5.20. The Balaban J connectivity index is 1.70. The van der Waals surface area contributed by atoms with Crippen LogP contribution in [0.5, 0.6) is 0 Å². The largest absolute Gasteiger partial charge is 0.342 e. The second kappa shape index (κ2) is 9.47. The molecule has 1 aromatic heterocycles.